The summed E-state index contributed by atoms with van der Waals surface area (Å²) in [5.74, 6) is -0.327. The maximum Gasteiger partial charge on any atom is 1.00 e. The number of unbranched alkanes of at least 4 members (excludes halogenated alkanes) is 11. The first-order valence-electron chi connectivity index (χ1n) is 12.0. The summed E-state index contributed by atoms with van der Waals surface area (Å²) in [7, 11) is -4.43. The second-order valence-electron chi connectivity index (χ2n) is 8.44. The molecule has 2 aromatic carbocycles. The molecule has 0 amide bonds. The Balaban J connectivity index is 0.00000544. The van der Waals surface area contributed by atoms with Gasteiger partial charge in [0.25, 0.3) is 10.1 Å². The third-order valence-electron chi connectivity index (χ3n) is 5.67. The topological polar surface area (TPSA) is 86.7 Å². The van der Waals surface area contributed by atoms with Gasteiger partial charge in [-0.15, -0.1) is 0 Å². The van der Waals surface area contributed by atoms with Crippen molar-refractivity contribution in [3.63, 3.8) is 0 Å². The van der Waals surface area contributed by atoms with Gasteiger partial charge in [0.05, 0.1) is 0 Å². The van der Waals surface area contributed by atoms with Gasteiger partial charge in [-0.25, -0.2) is 0 Å². The first-order chi connectivity index (χ1) is 15.4. The van der Waals surface area contributed by atoms with E-state index in [1.165, 1.54) is 82.4 Å². The van der Waals surface area contributed by atoms with Crippen LogP contribution in [0, 0.1) is 0 Å². The van der Waals surface area contributed by atoms with Gasteiger partial charge in [0.2, 0.25) is 0 Å². The predicted molar refractivity (Wildman–Crippen MR) is 127 cm³/mol. The van der Waals surface area contributed by atoms with Gasteiger partial charge in [-0.05, 0) is 36.6 Å². The van der Waals surface area contributed by atoms with E-state index in [4.69, 9.17) is 4.74 Å². The van der Waals surface area contributed by atoms with Gasteiger partial charge in [0.15, 0.2) is 0 Å². The largest absolute Gasteiger partial charge is 1.00 e. The van der Waals surface area contributed by atoms with Gasteiger partial charge in [0.1, 0.15) is 16.4 Å². The van der Waals surface area contributed by atoms with E-state index in [-0.39, 0.29) is 73.5 Å². The van der Waals surface area contributed by atoms with Crippen LogP contribution < -0.4 is 61.2 Å². The van der Waals surface area contributed by atoms with Crippen molar-refractivity contribution in [1.82, 2.24) is 0 Å². The molecule has 0 aliphatic rings. The van der Waals surface area contributed by atoms with Crippen LogP contribution in [0.15, 0.2) is 47.4 Å². The molecule has 0 spiro atoms. The van der Waals surface area contributed by atoms with Crippen molar-refractivity contribution in [3.8, 4) is 17.2 Å². The summed E-state index contributed by atoms with van der Waals surface area (Å²) in [6, 6.07) is 10.6. The van der Waals surface area contributed by atoms with Gasteiger partial charge >= 0.3 is 51.4 Å². The van der Waals surface area contributed by atoms with Gasteiger partial charge in [-0.2, -0.15) is 8.42 Å². The van der Waals surface area contributed by atoms with Crippen LogP contribution in [0.5, 0.6) is 17.2 Å². The average molecular weight is 501 g/mol. The number of benzene rings is 2. The Morgan fingerprint density at radius 1 is 0.788 bits per heavy atom. The third kappa shape index (κ3) is 12.2. The fraction of sp³-hybridized carbons (Fsp3) is 0.538. The second-order valence-corrected chi connectivity index (χ2v) is 9.83. The van der Waals surface area contributed by atoms with Crippen molar-refractivity contribution >= 4 is 10.1 Å². The Labute approximate surface area is 242 Å². The summed E-state index contributed by atoms with van der Waals surface area (Å²) in [6.45, 7) is 2.25. The minimum absolute atomic E-state index is 0. The average Bonchev–Trinajstić information content (AvgIpc) is 2.76. The van der Waals surface area contributed by atoms with Crippen LogP contribution in [-0.2, 0) is 16.5 Å². The molecule has 2 aromatic rings. The molecule has 0 unspecified atom stereocenters. The first kappa shape index (κ1) is 30.6. The summed E-state index contributed by atoms with van der Waals surface area (Å²) >= 11 is 0. The molecule has 0 saturated heterocycles. The van der Waals surface area contributed by atoms with E-state index in [2.05, 4.69) is 6.92 Å². The molecule has 1 N–H and O–H groups in total. The van der Waals surface area contributed by atoms with E-state index in [0.717, 1.165) is 24.8 Å². The zero-order valence-electron chi connectivity index (χ0n) is 20.2. The Hall–Kier alpha value is -0.414. The Bertz CT molecular complexity index is 915. The maximum atomic E-state index is 12.4. The normalized spacial score (nSPS) is 11.2. The van der Waals surface area contributed by atoms with E-state index in [1.807, 2.05) is 6.07 Å². The molecule has 0 heterocycles. The summed E-state index contributed by atoms with van der Waals surface area (Å²) in [4.78, 5) is -0.361. The zero-order valence-corrected chi connectivity index (χ0v) is 24.2. The zero-order chi connectivity index (χ0) is 23.2. The Kier molecular flexibility index (Phi) is 15.9. The molecule has 178 valence electrons. The van der Waals surface area contributed by atoms with E-state index in [9.17, 15) is 18.1 Å². The molecule has 0 fully saturated rings. The predicted octanol–water partition coefficient (Wildman–Crippen LogP) is 4.05. The van der Waals surface area contributed by atoms with Crippen molar-refractivity contribution in [3.05, 3.63) is 48.0 Å². The Morgan fingerprint density at radius 3 is 1.88 bits per heavy atom. The molecule has 0 atom stereocenters. The standard InChI is InChI=1S/C26H38O5S.K/c1-2-3-4-5-6-7-8-9-10-11-12-13-16-22-19-20-24(23(27)21-22)31-25-17-14-15-18-26(25)32(28,29)30;/h14-15,17-21,27H,2-13,16H2,1H3,(H,28,29,30);/q;+1/p-1. The molecule has 0 aliphatic carbocycles. The minimum Gasteiger partial charge on any atom is -0.870 e. The maximum absolute atomic E-state index is 12.4. The molecule has 0 radical (unpaired) electrons. The molecule has 0 aromatic heterocycles. The van der Waals surface area contributed by atoms with Crippen LogP contribution >= 0.6 is 0 Å². The molecule has 0 bridgehead atoms. The van der Waals surface area contributed by atoms with Crippen LogP contribution in [0.2, 0.25) is 0 Å². The molecule has 7 heteroatoms. The quantitative estimate of drug-likeness (QED) is 0.213. The van der Waals surface area contributed by atoms with E-state index in [0.29, 0.717) is 0 Å². The van der Waals surface area contributed by atoms with E-state index < -0.39 is 10.1 Å². The Morgan fingerprint density at radius 2 is 1.33 bits per heavy atom. The first-order valence-corrected chi connectivity index (χ1v) is 13.4. The van der Waals surface area contributed by atoms with Gasteiger partial charge in [-0.3, -0.25) is 4.55 Å². The fourth-order valence-electron chi connectivity index (χ4n) is 3.83. The number of ether oxygens (including phenoxy) is 1. The monoisotopic (exact) mass is 500 g/mol. The molecular formula is C26H37KO5S. The molecule has 0 saturated carbocycles. The van der Waals surface area contributed by atoms with Gasteiger partial charge < -0.3 is 9.84 Å². The van der Waals surface area contributed by atoms with Gasteiger partial charge in [0, 0.05) is 0 Å². The van der Waals surface area contributed by atoms with Crippen LogP contribution in [0.4, 0.5) is 0 Å². The minimum atomic E-state index is -4.43. The number of rotatable bonds is 16. The van der Waals surface area contributed by atoms with Crippen molar-refractivity contribution in [2.24, 2.45) is 0 Å². The van der Waals surface area contributed by atoms with E-state index in [1.54, 1.807) is 18.2 Å². The fourth-order valence-corrected chi connectivity index (χ4v) is 4.44. The summed E-state index contributed by atoms with van der Waals surface area (Å²) in [6.07, 6.45) is 16.4. The summed E-state index contributed by atoms with van der Waals surface area (Å²) < 4.78 is 37.8. The van der Waals surface area contributed by atoms with Crippen LogP contribution in [-0.4, -0.2) is 13.0 Å². The van der Waals surface area contributed by atoms with Crippen LogP contribution in [0.3, 0.4) is 0 Å². The molecule has 33 heavy (non-hydrogen) atoms. The van der Waals surface area contributed by atoms with E-state index >= 15 is 0 Å². The van der Waals surface area contributed by atoms with Crippen molar-refractivity contribution in [2.75, 3.05) is 0 Å². The number of aryl methyl sites for hydroxylation is 1. The van der Waals surface area contributed by atoms with Gasteiger partial charge in [-0.1, -0.05) is 108 Å². The number of para-hydroxylation sites is 1. The smallest absolute Gasteiger partial charge is 0.870 e. The van der Waals surface area contributed by atoms with Crippen molar-refractivity contribution in [2.45, 2.75) is 95.3 Å². The van der Waals surface area contributed by atoms with Crippen LogP contribution in [0.25, 0.3) is 0 Å². The van der Waals surface area contributed by atoms with Crippen molar-refractivity contribution in [1.29, 1.82) is 0 Å². The molecule has 0 aliphatic heterocycles. The summed E-state index contributed by atoms with van der Waals surface area (Å²) in [5, 5.41) is 12.4. The molecule has 5 nitrogen and oxygen atoms in total. The van der Waals surface area contributed by atoms with Crippen molar-refractivity contribution < 1.29 is 74.2 Å². The number of hydrogen-bond acceptors (Lipinski definition) is 4. The third-order valence-corrected chi connectivity index (χ3v) is 6.57. The second kappa shape index (κ2) is 17.1. The molecular weight excluding hydrogens is 463 g/mol. The molecule has 2 rings (SSSR count). The summed E-state index contributed by atoms with van der Waals surface area (Å²) in [5.41, 5.74) is 0.956. The SMILES string of the molecule is CCCCCCCCCCCCCCc1ccc(Oc2ccccc2S(=O)(=O)O)c([O-])c1.[K+]. The van der Waals surface area contributed by atoms with Crippen LogP contribution in [0.1, 0.15) is 89.5 Å². The number of hydrogen-bond donors (Lipinski definition) is 1.